The van der Waals surface area contributed by atoms with Crippen LogP contribution in [0.15, 0.2) is 10.6 Å². The quantitative estimate of drug-likeness (QED) is 0.844. The number of ether oxygens (including phenoxy) is 1. The van der Waals surface area contributed by atoms with E-state index in [0.717, 1.165) is 5.82 Å². The van der Waals surface area contributed by atoms with E-state index in [2.05, 4.69) is 20.3 Å². The van der Waals surface area contributed by atoms with E-state index in [1.54, 1.807) is 13.2 Å². The molecule has 0 atom stereocenters. The van der Waals surface area contributed by atoms with Crippen LogP contribution in [0.1, 0.15) is 30.3 Å². The third kappa shape index (κ3) is 1.71. The molecule has 1 saturated carbocycles. The topological polar surface area (TPSA) is 76.8 Å². The van der Waals surface area contributed by atoms with Crippen LogP contribution in [-0.2, 0) is 11.3 Å². The largest absolute Gasteiger partial charge is 0.377 e. The van der Waals surface area contributed by atoms with Crippen LogP contribution in [0.4, 0.5) is 0 Å². The molecule has 1 fully saturated rings. The lowest BCUT2D eigenvalue weighted by molar-refractivity contribution is 0.156. The molecular formula is C10H12N4O2. The molecule has 0 spiro atoms. The second kappa shape index (κ2) is 3.71. The second-order valence-electron chi connectivity index (χ2n) is 3.93. The van der Waals surface area contributed by atoms with E-state index >= 15 is 0 Å². The highest BCUT2D eigenvalue weighted by Gasteiger charge is 2.27. The van der Waals surface area contributed by atoms with Crippen molar-refractivity contribution in [3.05, 3.63) is 17.7 Å². The van der Waals surface area contributed by atoms with Crippen molar-refractivity contribution >= 4 is 0 Å². The average molecular weight is 220 g/mol. The highest BCUT2D eigenvalue weighted by atomic mass is 16.5. The Labute approximate surface area is 92.0 Å². The molecule has 0 bridgehead atoms. The van der Waals surface area contributed by atoms with Gasteiger partial charge in [-0.15, -0.1) is 0 Å². The third-order valence-corrected chi connectivity index (χ3v) is 2.54. The van der Waals surface area contributed by atoms with Gasteiger partial charge < -0.3 is 9.26 Å². The molecule has 3 rings (SSSR count). The molecule has 0 aliphatic heterocycles. The molecule has 2 aromatic rings. The monoisotopic (exact) mass is 220 g/mol. The molecule has 1 aliphatic carbocycles. The van der Waals surface area contributed by atoms with Crippen LogP contribution < -0.4 is 0 Å². The van der Waals surface area contributed by atoms with E-state index in [1.165, 1.54) is 12.8 Å². The lowest BCUT2D eigenvalue weighted by Crippen LogP contribution is -1.83. The van der Waals surface area contributed by atoms with Crippen molar-refractivity contribution in [1.29, 1.82) is 0 Å². The summed E-state index contributed by atoms with van der Waals surface area (Å²) in [5.41, 5.74) is 0.648. The van der Waals surface area contributed by atoms with Gasteiger partial charge in [0, 0.05) is 19.1 Å². The molecule has 1 N–H and O–H groups in total. The molecule has 16 heavy (non-hydrogen) atoms. The van der Waals surface area contributed by atoms with Gasteiger partial charge in [0.25, 0.3) is 0 Å². The summed E-state index contributed by atoms with van der Waals surface area (Å²) in [6, 6.07) is 1.79. The van der Waals surface area contributed by atoms with Gasteiger partial charge in [0.15, 0.2) is 11.5 Å². The number of aromatic amines is 1. The Hall–Kier alpha value is -1.69. The Morgan fingerprint density at radius 2 is 2.44 bits per heavy atom. The smallest absolute Gasteiger partial charge is 0.203 e. The minimum absolute atomic E-state index is 0.410. The Morgan fingerprint density at radius 1 is 1.56 bits per heavy atom. The van der Waals surface area contributed by atoms with Crippen molar-refractivity contribution in [1.82, 2.24) is 20.3 Å². The number of hydrogen-bond donors (Lipinski definition) is 1. The van der Waals surface area contributed by atoms with Gasteiger partial charge in [-0.1, -0.05) is 5.16 Å². The van der Waals surface area contributed by atoms with Gasteiger partial charge in [-0.25, -0.2) is 4.98 Å². The van der Waals surface area contributed by atoms with E-state index in [0.29, 0.717) is 29.8 Å². The molecule has 0 radical (unpaired) electrons. The van der Waals surface area contributed by atoms with Crippen molar-refractivity contribution in [3.8, 4) is 11.5 Å². The maximum Gasteiger partial charge on any atom is 0.203 e. The van der Waals surface area contributed by atoms with Gasteiger partial charge >= 0.3 is 0 Å². The summed E-state index contributed by atoms with van der Waals surface area (Å²) >= 11 is 0. The van der Waals surface area contributed by atoms with Crippen LogP contribution in [0.25, 0.3) is 11.5 Å². The predicted octanol–water partition coefficient (Wildman–Crippen LogP) is 1.48. The first kappa shape index (κ1) is 9.53. The first-order valence-electron chi connectivity index (χ1n) is 5.24. The van der Waals surface area contributed by atoms with Gasteiger partial charge in [0.1, 0.15) is 12.4 Å². The number of rotatable bonds is 4. The van der Waals surface area contributed by atoms with Gasteiger partial charge in [-0.05, 0) is 12.8 Å². The summed E-state index contributed by atoms with van der Waals surface area (Å²) in [6.07, 6.45) is 2.39. The SMILES string of the molecule is COCc1cc(-c2n[nH]c(C3CC3)n2)no1. The molecule has 84 valence electrons. The van der Waals surface area contributed by atoms with E-state index in [4.69, 9.17) is 9.26 Å². The number of aromatic nitrogens is 4. The Morgan fingerprint density at radius 3 is 3.19 bits per heavy atom. The van der Waals surface area contributed by atoms with Gasteiger partial charge in [0.05, 0.1) is 0 Å². The van der Waals surface area contributed by atoms with E-state index in [-0.39, 0.29) is 0 Å². The number of nitrogens with zero attached hydrogens (tertiary/aromatic N) is 3. The Bertz CT molecular complexity index is 486. The maximum atomic E-state index is 5.08. The zero-order chi connectivity index (χ0) is 11.0. The first-order valence-corrected chi connectivity index (χ1v) is 5.24. The molecule has 6 heteroatoms. The molecule has 0 saturated heterocycles. The van der Waals surface area contributed by atoms with Gasteiger partial charge in [-0.2, -0.15) is 5.10 Å². The molecule has 1 aliphatic rings. The molecule has 0 unspecified atom stereocenters. The summed E-state index contributed by atoms with van der Waals surface area (Å²) in [5, 5.41) is 11.0. The lowest BCUT2D eigenvalue weighted by atomic mass is 10.3. The summed E-state index contributed by atoms with van der Waals surface area (Å²) in [5.74, 6) is 2.78. The predicted molar refractivity (Wildman–Crippen MR) is 54.6 cm³/mol. The summed E-state index contributed by atoms with van der Waals surface area (Å²) in [4.78, 5) is 4.39. The molecule has 0 aromatic carbocycles. The maximum absolute atomic E-state index is 5.08. The summed E-state index contributed by atoms with van der Waals surface area (Å²) in [6.45, 7) is 0.410. The number of H-pyrrole nitrogens is 1. The second-order valence-corrected chi connectivity index (χ2v) is 3.93. The fraction of sp³-hybridized carbons (Fsp3) is 0.500. The summed E-state index contributed by atoms with van der Waals surface area (Å²) in [7, 11) is 1.61. The average Bonchev–Trinajstić information content (AvgIpc) is 2.85. The first-order chi connectivity index (χ1) is 7.86. The number of hydrogen-bond acceptors (Lipinski definition) is 5. The fourth-order valence-electron chi connectivity index (χ4n) is 1.56. The minimum atomic E-state index is 0.410. The highest BCUT2D eigenvalue weighted by molar-refractivity contribution is 5.48. The molecule has 6 nitrogen and oxygen atoms in total. The van der Waals surface area contributed by atoms with E-state index in [1.807, 2.05) is 0 Å². The van der Waals surface area contributed by atoms with Crippen LogP contribution >= 0.6 is 0 Å². The van der Waals surface area contributed by atoms with Crippen molar-refractivity contribution < 1.29 is 9.26 Å². The normalized spacial score (nSPS) is 15.6. The fourth-order valence-corrected chi connectivity index (χ4v) is 1.56. The number of nitrogens with one attached hydrogen (secondary N) is 1. The van der Waals surface area contributed by atoms with E-state index in [9.17, 15) is 0 Å². The van der Waals surface area contributed by atoms with Crippen LogP contribution in [0.3, 0.4) is 0 Å². The highest BCUT2D eigenvalue weighted by Crippen LogP contribution is 2.38. The zero-order valence-corrected chi connectivity index (χ0v) is 8.93. The standard InChI is InChI=1S/C10H12N4O2/c1-15-5-7-4-8(14-16-7)10-11-9(12-13-10)6-2-3-6/h4,6H,2-3,5H2,1H3,(H,11,12,13). The zero-order valence-electron chi connectivity index (χ0n) is 8.93. The van der Waals surface area contributed by atoms with Crippen LogP contribution in [-0.4, -0.2) is 27.4 Å². The summed E-state index contributed by atoms with van der Waals surface area (Å²) < 4.78 is 10.0. The molecule has 2 aromatic heterocycles. The van der Waals surface area contributed by atoms with Crippen molar-refractivity contribution in [3.63, 3.8) is 0 Å². The molecular weight excluding hydrogens is 208 g/mol. The Balaban J connectivity index is 1.83. The van der Waals surface area contributed by atoms with Crippen molar-refractivity contribution in [2.24, 2.45) is 0 Å². The molecule has 0 amide bonds. The van der Waals surface area contributed by atoms with E-state index < -0.39 is 0 Å². The van der Waals surface area contributed by atoms with Crippen LogP contribution in [0, 0.1) is 0 Å². The van der Waals surface area contributed by atoms with Gasteiger partial charge in [0.2, 0.25) is 5.82 Å². The van der Waals surface area contributed by atoms with Crippen molar-refractivity contribution in [2.45, 2.75) is 25.4 Å². The number of methoxy groups -OCH3 is 1. The minimum Gasteiger partial charge on any atom is -0.377 e. The van der Waals surface area contributed by atoms with Crippen molar-refractivity contribution in [2.75, 3.05) is 7.11 Å². The van der Waals surface area contributed by atoms with Crippen LogP contribution in [0.5, 0.6) is 0 Å². The van der Waals surface area contributed by atoms with Gasteiger partial charge in [-0.3, -0.25) is 5.10 Å². The van der Waals surface area contributed by atoms with Crippen LogP contribution in [0.2, 0.25) is 0 Å². The third-order valence-electron chi connectivity index (χ3n) is 2.54. The lowest BCUT2D eigenvalue weighted by Gasteiger charge is -1.87. The Kier molecular flexibility index (Phi) is 2.21. The molecule has 2 heterocycles.